The summed E-state index contributed by atoms with van der Waals surface area (Å²) in [6.07, 6.45) is 0. The van der Waals surface area contributed by atoms with Gasteiger partial charge in [0.05, 0.1) is 16.9 Å². The maximum absolute atomic E-state index is 12.9. The Bertz CT molecular complexity index is 1490. The van der Waals surface area contributed by atoms with E-state index in [-0.39, 0.29) is 5.56 Å². The minimum absolute atomic E-state index is 0.316. The lowest BCUT2D eigenvalue weighted by molar-refractivity contribution is 0.763. The van der Waals surface area contributed by atoms with Crippen LogP contribution in [-0.4, -0.2) is 23.9 Å². The SMILES string of the molecule is Cc1ccc(-n2c3nc(=O)n(C)c(=O)c-3cc3c(C)nn(-c4ccccc4)c32)cc1. The van der Waals surface area contributed by atoms with Crippen LogP contribution in [0.15, 0.2) is 70.3 Å². The van der Waals surface area contributed by atoms with Crippen molar-refractivity contribution in [3.05, 3.63) is 92.8 Å². The molecule has 0 bridgehead atoms. The van der Waals surface area contributed by atoms with Crippen molar-refractivity contribution in [3.63, 3.8) is 0 Å². The fraction of sp³-hybridized carbons (Fsp3) is 0.130. The van der Waals surface area contributed by atoms with Crippen LogP contribution in [0.1, 0.15) is 11.3 Å². The lowest BCUT2D eigenvalue weighted by Crippen LogP contribution is -2.35. The highest BCUT2D eigenvalue weighted by molar-refractivity contribution is 5.88. The zero-order valence-electron chi connectivity index (χ0n) is 16.8. The molecule has 0 spiro atoms. The van der Waals surface area contributed by atoms with E-state index in [1.54, 1.807) is 6.07 Å². The number of aryl methyl sites for hydroxylation is 2. The number of benzene rings is 2. The van der Waals surface area contributed by atoms with Gasteiger partial charge in [0.15, 0.2) is 5.82 Å². The average molecular weight is 397 g/mol. The molecule has 7 nitrogen and oxygen atoms in total. The molecule has 5 rings (SSSR count). The topological polar surface area (TPSA) is 74.7 Å². The van der Waals surface area contributed by atoms with Gasteiger partial charge in [-0.05, 0) is 44.2 Å². The molecule has 1 aromatic heterocycles. The predicted molar refractivity (Wildman–Crippen MR) is 116 cm³/mol. The Morgan fingerprint density at radius 1 is 0.867 bits per heavy atom. The fourth-order valence-corrected chi connectivity index (χ4v) is 3.73. The van der Waals surface area contributed by atoms with Gasteiger partial charge in [-0.25, -0.2) is 9.48 Å². The molecule has 0 N–H and O–H groups in total. The van der Waals surface area contributed by atoms with Gasteiger partial charge in [0, 0.05) is 18.1 Å². The Morgan fingerprint density at radius 2 is 1.57 bits per heavy atom. The van der Waals surface area contributed by atoms with Crippen molar-refractivity contribution < 1.29 is 0 Å². The molecule has 0 saturated heterocycles. The van der Waals surface area contributed by atoms with E-state index in [9.17, 15) is 9.59 Å². The molecule has 0 fully saturated rings. The van der Waals surface area contributed by atoms with Gasteiger partial charge in [-0.1, -0.05) is 35.9 Å². The average Bonchev–Trinajstić information content (AvgIpc) is 3.09. The fourth-order valence-electron chi connectivity index (χ4n) is 3.73. The zero-order valence-corrected chi connectivity index (χ0v) is 16.8. The summed E-state index contributed by atoms with van der Waals surface area (Å²) in [7, 11) is 1.44. The van der Waals surface area contributed by atoms with Gasteiger partial charge in [-0.3, -0.25) is 13.9 Å². The van der Waals surface area contributed by atoms with Gasteiger partial charge in [0.25, 0.3) is 5.56 Å². The van der Waals surface area contributed by atoms with Crippen LogP contribution in [0.3, 0.4) is 0 Å². The smallest absolute Gasteiger partial charge is 0.278 e. The molecule has 2 aromatic carbocycles. The van der Waals surface area contributed by atoms with Gasteiger partial charge < -0.3 is 0 Å². The third kappa shape index (κ3) is 2.59. The third-order valence-electron chi connectivity index (χ3n) is 5.35. The summed E-state index contributed by atoms with van der Waals surface area (Å²) >= 11 is 0. The van der Waals surface area contributed by atoms with Gasteiger partial charge in [0.1, 0.15) is 5.65 Å². The second-order valence-electron chi connectivity index (χ2n) is 7.38. The van der Waals surface area contributed by atoms with Crippen molar-refractivity contribution in [2.45, 2.75) is 13.8 Å². The first-order valence-corrected chi connectivity index (χ1v) is 9.60. The number of pyridine rings is 1. The van der Waals surface area contributed by atoms with Crippen molar-refractivity contribution in [1.82, 2.24) is 23.9 Å². The first-order valence-electron chi connectivity index (χ1n) is 9.60. The molecule has 0 saturated carbocycles. The maximum atomic E-state index is 12.9. The molecule has 148 valence electrons. The quantitative estimate of drug-likeness (QED) is 0.459. The van der Waals surface area contributed by atoms with Gasteiger partial charge in [-0.15, -0.1) is 0 Å². The Balaban J connectivity index is 2.04. The summed E-state index contributed by atoms with van der Waals surface area (Å²) in [6.45, 7) is 3.92. The largest absolute Gasteiger partial charge is 0.352 e. The minimum atomic E-state index is -0.588. The number of para-hydroxylation sites is 1. The number of hydrogen-bond donors (Lipinski definition) is 0. The van der Waals surface area contributed by atoms with Crippen LogP contribution in [0, 0.1) is 13.8 Å². The Kier molecular flexibility index (Phi) is 3.92. The molecule has 3 heterocycles. The molecule has 0 aliphatic carbocycles. The van der Waals surface area contributed by atoms with E-state index in [1.165, 1.54) is 7.05 Å². The molecule has 0 unspecified atom stereocenters. The lowest BCUT2D eigenvalue weighted by atomic mass is 10.1. The van der Waals surface area contributed by atoms with Crippen LogP contribution in [0.5, 0.6) is 0 Å². The van der Waals surface area contributed by atoms with E-state index in [0.29, 0.717) is 11.4 Å². The van der Waals surface area contributed by atoms with Crippen molar-refractivity contribution in [3.8, 4) is 22.8 Å². The van der Waals surface area contributed by atoms with Gasteiger partial charge in [-0.2, -0.15) is 10.1 Å². The normalized spacial score (nSPS) is 11.4. The summed E-state index contributed by atoms with van der Waals surface area (Å²) in [5.74, 6) is 0.316. The van der Waals surface area contributed by atoms with E-state index >= 15 is 0 Å². The van der Waals surface area contributed by atoms with Crippen molar-refractivity contribution >= 4 is 11.0 Å². The van der Waals surface area contributed by atoms with E-state index in [1.807, 2.05) is 77.7 Å². The molecule has 2 aliphatic rings. The van der Waals surface area contributed by atoms with Crippen LogP contribution in [0.2, 0.25) is 0 Å². The van der Waals surface area contributed by atoms with Crippen LogP contribution in [0.4, 0.5) is 0 Å². The van der Waals surface area contributed by atoms with E-state index in [4.69, 9.17) is 5.10 Å². The lowest BCUT2D eigenvalue weighted by Gasteiger charge is -2.18. The first kappa shape index (κ1) is 18.1. The summed E-state index contributed by atoms with van der Waals surface area (Å²) in [6, 6.07) is 19.4. The summed E-state index contributed by atoms with van der Waals surface area (Å²) in [5.41, 5.74) is 3.73. The number of fused-ring (bicyclic) bond motifs is 2. The molecule has 7 heteroatoms. The Hall–Kier alpha value is -4.00. The molecule has 0 radical (unpaired) electrons. The van der Waals surface area contributed by atoms with Crippen LogP contribution >= 0.6 is 0 Å². The number of rotatable bonds is 2. The first-order chi connectivity index (χ1) is 14.5. The summed E-state index contributed by atoms with van der Waals surface area (Å²) in [4.78, 5) is 29.6. The number of aromatic nitrogens is 5. The second-order valence-corrected chi connectivity index (χ2v) is 7.38. The minimum Gasteiger partial charge on any atom is -0.278 e. The molecule has 2 aliphatic heterocycles. The highest BCUT2D eigenvalue weighted by Gasteiger charge is 2.24. The van der Waals surface area contributed by atoms with Gasteiger partial charge in [0.2, 0.25) is 0 Å². The summed E-state index contributed by atoms with van der Waals surface area (Å²) < 4.78 is 4.71. The van der Waals surface area contributed by atoms with Crippen LogP contribution in [0.25, 0.3) is 33.8 Å². The molecule has 0 atom stereocenters. The molecule has 0 amide bonds. The monoisotopic (exact) mass is 397 g/mol. The van der Waals surface area contributed by atoms with E-state index in [0.717, 1.165) is 38.2 Å². The molecular formula is C23H19N5O2. The summed E-state index contributed by atoms with van der Waals surface area (Å²) in [5, 5.41) is 5.57. The second kappa shape index (κ2) is 6.52. The van der Waals surface area contributed by atoms with Crippen LogP contribution in [-0.2, 0) is 7.05 Å². The standard InChI is InChI=1S/C23H19N5O2/c1-14-9-11-16(12-10-14)27-20-19(22(29)26(3)23(30)24-20)13-18-15(2)25-28(21(18)27)17-7-5-4-6-8-17/h4-13H,1-3H3. The molecule has 3 aromatic rings. The Labute approximate surface area is 171 Å². The highest BCUT2D eigenvalue weighted by atomic mass is 16.2. The maximum Gasteiger partial charge on any atom is 0.352 e. The predicted octanol–water partition coefficient (Wildman–Crippen LogP) is 2.99. The van der Waals surface area contributed by atoms with Crippen molar-refractivity contribution in [2.75, 3.05) is 0 Å². The van der Waals surface area contributed by atoms with E-state index in [2.05, 4.69) is 4.98 Å². The third-order valence-corrected chi connectivity index (χ3v) is 5.35. The van der Waals surface area contributed by atoms with Crippen molar-refractivity contribution in [2.24, 2.45) is 7.05 Å². The highest BCUT2D eigenvalue weighted by Crippen LogP contribution is 2.31. The Morgan fingerprint density at radius 3 is 2.27 bits per heavy atom. The van der Waals surface area contributed by atoms with E-state index < -0.39 is 5.69 Å². The van der Waals surface area contributed by atoms with Gasteiger partial charge >= 0.3 is 5.69 Å². The zero-order chi connectivity index (χ0) is 21.0. The van der Waals surface area contributed by atoms with Crippen molar-refractivity contribution in [1.29, 1.82) is 0 Å². The molecule has 30 heavy (non-hydrogen) atoms. The number of hydrogen-bond acceptors (Lipinski definition) is 4. The van der Waals surface area contributed by atoms with Crippen LogP contribution < -0.4 is 11.2 Å². The molecular weight excluding hydrogens is 378 g/mol. The number of nitrogens with zero attached hydrogens (tertiary/aromatic N) is 5.